The van der Waals surface area contributed by atoms with Gasteiger partial charge in [-0.25, -0.2) is 4.98 Å². The van der Waals surface area contributed by atoms with Crippen LogP contribution < -0.4 is 5.73 Å². The van der Waals surface area contributed by atoms with Crippen molar-refractivity contribution in [3.05, 3.63) is 53.7 Å². The van der Waals surface area contributed by atoms with Gasteiger partial charge in [-0.2, -0.15) is 0 Å². The number of aromatic nitrogens is 1. The van der Waals surface area contributed by atoms with Gasteiger partial charge in [-0.1, -0.05) is 30.0 Å². The molecule has 1 aromatic carbocycles. The average Bonchev–Trinajstić information content (AvgIpc) is 2.31. The Morgan fingerprint density at radius 1 is 1.25 bits per heavy atom. The first-order valence-electron chi connectivity index (χ1n) is 5.18. The third kappa shape index (κ3) is 2.62. The van der Waals surface area contributed by atoms with Crippen molar-refractivity contribution in [2.75, 3.05) is 0 Å². The van der Waals surface area contributed by atoms with Crippen molar-refractivity contribution >= 4 is 11.8 Å². The third-order valence-corrected chi connectivity index (χ3v) is 3.35. The minimum Gasteiger partial charge on any atom is -0.326 e. The van der Waals surface area contributed by atoms with Gasteiger partial charge in [0.2, 0.25) is 0 Å². The SMILES string of the molecule is Cc1ccc(CN)c(Sc2ccccn2)c1. The van der Waals surface area contributed by atoms with Gasteiger partial charge in [0.25, 0.3) is 0 Å². The maximum Gasteiger partial charge on any atom is 0.101 e. The van der Waals surface area contributed by atoms with Crippen LogP contribution in [0.2, 0.25) is 0 Å². The Hall–Kier alpha value is -1.32. The maximum absolute atomic E-state index is 5.72. The number of pyridine rings is 1. The van der Waals surface area contributed by atoms with Gasteiger partial charge in [-0.05, 0) is 36.2 Å². The van der Waals surface area contributed by atoms with Crippen LogP contribution in [0.5, 0.6) is 0 Å². The summed E-state index contributed by atoms with van der Waals surface area (Å²) in [7, 11) is 0. The lowest BCUT2D eigenvalue weighted by Crippen LogP contribution is -1.98. The van der Waals surface area contributed by atoms with Crippen LogP contribution >= 0.6 is 11.8 Å². The third-order valence-electron chi connectivity index (χ3n) is 2.29. The molecule has 82 valence electrons. The average molecular weight is 230 g/mol. The van der Waals surface area contributed by atoms with Gasteiger partial charge in [0.05, 0.1) is 0 Å². The molecule has 0 aliphatic carbocycles. The van der Waals surface area contributed by atoms with Gasteiger partial charge in [-0.15, -0.1) is 0 Å². The molecule has 0 radical (unpaired) electrons. The number of hydrogen-bond acceptors (Lipinski definition) is 3. The lowest BCUT2D eigenvalue weighted by molar-refractivity contribution is 1.02. The van der Waals surface area contributed by atoms with Crippen molar-refractivity contribution in [3.8, 4) is 0 Å². The summed E-state index contributed by atoms with van der Waals surface area (Å²) < 4.78 is 0. The Kier molecular flexibility index (Phi) is 3.59. The van der Waals surface area contributed by atoms with Crippen molar-refractivity contribution in [1.29, 1.82) is 0 Å². The zero-order chi connectivity index (χ0) is 11.4. The molecule has 0 spiro atoms. The molecule has 3 heteroatoms. The predicted molar refractivity (Wildman–Crippen MR) is 67.4 cm³/mol. The molecule has 0 atom stereocenters. The highest BCUT2D eigenvalue weighted by Gasteiger charge is 2.04. The highest BCUT2D eigenvalue weighted by atomic mass is 32.2. The molecule has 2 N–H and O–H groups in total. The standard InChI is InChI=1S/C13H14N2S/c1-10-5-6-11(9-14)12(8-10)16-13-4-2-3-7-15-13/h2-8H,9,14H2,1H3. The summed E-state index contributed by atoms with van der Waals surface area (Å²) in [5.74, 6) is 0. The van der Waals surface area contributed by atoms with Crippen molar-refractivity contribution in [1.82, 2.24) is 4.98 Å². The Morgan fingerprint density at radius 3 is 2.81 bits per heavy atom. The molecule has 2 rings (SSSR count). The van der Waals surface area contributed by atoms with Crippen LogP contribution in [0.15, 0.2) is 52.5 Å². The summed E-state index contributed by atoms with van der Waals surface area (Å²) in [4.78, 5) is 5.50. The lowest BCUT2D eigenvalue weighted by Gasteiger charge is -2.07. The number of benzene rings is 1. The normalized spacial score (nSPS) is 10.4. The molecular weight excluding hydrogens is 216 g/mol. The maximum atomic E-state index is 5.72. The largest absolute Gasteiger partial charge is 0.326 e. The van der Waals surface area contributed by atoms with Crippen LogP contribution in [0.1, 0.15) is 11.1 Å². The summed E-state index contributed by atoms with van der Waals surface area (Å²) in [6.45, 7) is 2.65. The molecule has 2 nitrogen and oxygen atoms in total. The van der Waals surface area contributed by atoms with Crippen molar-refractivity contribution < 1.29 is 0 Å². The van der Waals surface area contributed by atoms with E-state index >= 15 is 0 Å². The number of nitrogens with zero attached hydrogens (tertiary/aromatic N) is 1. The second-order valence-corrected chi connectivity index (χ2v) is 4.65. The fourth-order valence-corrected chi connectivity index (χ4v) is 2.46. The number of rotatable bonds is 3. The monoisotopic (exact) mass is 230 g/mol. The fourth-order valence-electron chi connectivity index (χ4n) is 1.45. The fraction of sp³-hybridized carbons (Fsp3) is 0.154. The molecule has 0 unspecified atom stereocenters. The van der Waals surface area contributed by atoms with E-state index in [1.165, 1.54) is 16.0 Å². The highest BCUT2D eigenvalue weighted by Crippen LogP contribution is 2.29. The summed E-state index contributed by atoms with van der Waals surface area (Å²) in [6.07, 6.45) is 1.81. The molecule has 1 heterocycles. The van der Waals surface area contributed by atoms with E-state index in [0.29, 0.717) is 6.54 Å². The smallest absolute Gasteiger partial charge is 0.101 e. The second kappa shape index (κ2) is 5.14. The van der Waals surface area contributed by atoms with Crippen LogP contribution in [0, 0.1) is 6.92 Å². The Balaban J connectivity index is 2.30. The number of aryl methyl sites for hydroxylation is 1. The Bertz CT molecular complexity index is 469. The molecule has 2 aromatic rings. The molecule has 0 aliphatic heterocycles. The lowest BCUT2D eigenvalue weighted by atomic mass is 10.1. The van der Waals surface area contributed by atoms with Gasteiger partial charge in [0.15, 0.2) is 0 Å². The van der Waals surface area contributed by atoms with Crippen LogP contribution in [0.4, 0.5) is 0 Å². The summed E-state index contributed by atoms with van der Waals surface area (Å²) >= 11 is 1.66. The van der Waals surface area contributed by atoms with E-state index in [9.17, 15) is 0 Å². The molecule has 0 aliphatic rings. The number of hydrogen-bond donors (Lipinski definition) is 1. The minimum atomic E-state index is 0.565. The second-order valence-electron chi connectivity index (χ2n) is 3.59. The molecule has 0 bridgehead atoms. The quantitative estimate of drug-likeness (QED) is 0.881. The van der Waals surface area contributed by atoms with E-state index in [-0.39, 0.29) is 0 Å². The predicted octanol–water partition coefficient (Wildman–Crippen LogP) is 3.00. The van der Waals surface area contributed by atoms with Gasteiger partial charge in [0, 0.05) is 17.6 Å². The molecule has 0 saturated heterocycles. The first-order valence-corrected chi connectivity index (χ1v) is 6.00. The van der Waals surface area contributed by atoms with E-state index in [1.807, 2.05) is 18.2 Å². The topological polar surface area (TPSA) is 38.9 Å². The van der Waals surface area contributed by atoms with Crippen LogP contribution in [0.25, 0.3) is 0 Å². The van der Waals surface area contributed by atoms with E-state index in [4.69, 9.17) is 5.73 Å². The Labute approximate surface area is 99.9 Å². The van der Waals surface area contributed by atoms with Gasteiger partial charge < -0.3 is 5.73 Å². The number of nitrogens with two attached hydrogens (primary N) is 1. The first-order chi connectivity index (χ1) is 7.79. The van der Waals surface area contributed by atoms with E-state index in [2.05, 4.69) is 30.1 Å². The minimum absolute atomic E-state index is 0.565. The molecule has 16 heavy (non-hydrogen) atoms. The molecule has 0 amide bonds. The first kappa shape index (κ1) is 11.2. The molecular formula is C13H14N2S. The summed E-state index contributed by atoms with van der Waals surface area (Å²) in [5.41, 5.74) is 8.13. The van der Waals surface area contributed by atoms with E-state index < -0.39 is 0 Å². The summed E-state index contributed by atoms with van der Waals surface area (Å²) in [5, 5.41) is 1.00. The molecule has 0 fully saturated rings. The van der Waals surface area contributed by atoms with E-state index in [1.54, 1.807) is 18.0 Å². The molecule has 1 aromatic heterocycles. The zero-order valence-electron chi connectivity index (χ0n) is 9.18. The van der Waals surface area contributed by atoms with Gasteiger partial charge in [-0.3, -0.25) is 0 Å². The van der Waals surface area contributed by atoms with Gasteiger partial charge >= 0.3 is 0 Å². The highest BCUT2D eigenvalue weighted by molar-refractivity contribution is 7.99. The van der Waals surface area contributed by atoms with E-state index in [0.717, 1.165) is 5.03 Å². The van der Waals surface area contributed by atoms with Crippen molar-refractivity contribution in [2.45, 2.75) is 23.4 Å². The Morgan fingerprint density at radius 2 is 2.12 bits per heavy atom. The van der Waals surface area contributed by atoms with Crippen LogP contribution in [-0.4, -0.2) is 4.98 Å². The molecule has 0 saturated carbocycles. The van der Waals surface area contributed by atoms with Crippen molar-refractivity contribution in [2.24, 2.45) is 5.73 Å². The zero-order valence-corrected chi connectivity index (χ0v) is 10.00. The van der Waals surface area contributed by atoms with Gasteiger partial charge in [0.1, 0.15) is 5.03 Å². The summed E-state index contributed by atoms with van der Waals surface area (Å²) in [6, 6.07) is 12.2. The van der Waals surface area contributed by atoms with Crippen molar-refractivity contribution in [3.63, 3.8) is 0 Å². The van der Waals surface area contributed by atoms with Crippen LogP contribution in [-0.2, 0) is 6.54 Å². The van der Waals surface area contributed by atoms with Crippen LogP contribution in [0.3, 0.4) is 0 Å².